The number of fused-ring (bicyclic) bond motifs is 6. The predicted molar refractivity (Wildman–Crippen MR) is 203 cm³/mol. The van der Waals surface area contributed by atoms with E-state index in [2.05, 4.69) is 190 Å². The highest BCUT2D eigenvalue weighted by Gasteiger charge is 2.19. The van der Waals surface area contributed by atoms with Crippen LogP contribution >= 0.6 is 0 Å². The Morgan fingerprint density at radius 2 is 0.694 bits per heavy atom. The standard InChI is InChI=1S/C45H30N4/c1-3-15-31(16-4-1)40-30-45(32-17-5-2-6-18-32)49(46-40)35-28-33(47-41-23-11-7-19-36(41)37-20-8-12-24-42(37)47)27-34(29-35)48-43-25-13-9-21-38(43)39-22-10-14-26-44(39)48/h1-30H. The topological polar surface area (TPSA) is 27.7 Å². The molecular weight excluding hydrogens is 597 g/mol. The maximum absolute atomic E-state index is 5.32. The van der Waals surface area contributed by atoms with E-state index in [0.29, 0.717) is 0 Å². The first-order chi connectivity index (χ1) is 24.3. The van der Waals surface area contributed by atoms with Gasteiger partial charge in [0.25, 0.3) is 0 Å². The van der Waals surface area contributed by atoms with Crippen LogP contribution in [-0.2, 0) is 0 Å². The number of aromatic nitrogens is 4. The average molecular weight is 627 g/mol. The summed E-state index contributed by atoms with van der Waals surface area (Å²) in [5.74, 6) is 0. The Hall–Kier alpha value is -6.65. The molecule has 10 aromatic rings. The van der Waals surface area contributed by atoms with E-state index in [1.807, 2.05) is 6.07 Å². The van der Waals surface area contributed by atoms with Crippen LogP contribution in [0, 0.1) is 0 Å². The van der Waals surface area contributed by atoms with Crippen LogP contribution in [0.4, 0.5) is 0 Å². The van der Waals surface area contributed by atoms with Crippen molar-refractivity contribution in [2.75, 3.05) is 0 Å². The van der Waals surface area contributed by atoms with Gasteiger partial charge in [0.1, 0.15) is 0 Å². The lowest BCUT2D eigenvalue weighted by Gasteiger charge is -2.17. The molecule has 0 atom stereocenters. The number of hydrogen-bond donors (Lipinski definition) is 0. The zero-order valence-corrected chi connectivity index (χ0v) is 26.6. The summed E-state index contributed by atoms with van der Waals surface area (Å²) in [6.45, 7) is 0. The van der Waals surface area contributed by atoms with Gasteiger partial charge in [-0.15, -0.1) is 0 Å². The third kappa shape index (κ3) is 4.35. The monoisotopic (exact) mass is 626 g/mol. The molecule has 0 radical (unpaired) electrons. The number of para-hydroxylation sites is 4. The molecule has 4 heteroatoms. The van der Waals surface area contributed by atoms with Crippen LogP contribution in [0.5, 0.6) is 0 Å². The minimum atomic E-state index is 0.931. The fraction of sp³-hybridized carbons (Fsp3) is 0. The molecule has 0 saturated heterocycles. The molecule has 0 saturated carbocycles. The Morgan fingerprint density at radius 1 is 0.327 bits per heavy atom. The normalized spacial score (nSPS) is 11.7. The molecule has 230 valence electrons. The third-order valence-corrected chi connectivity index (χ3v) is 9.66. The number of benzene rings is 7. The molecule has 0 N–H and O–H groups in total. The number of hydrogen-bond acceptors (Lipinski definition) is 1. The Balaban J connectivity index is 1.32. The highest BCUT2D eigenvalue weighted by atomic mass is 15.3. The zero-order chi connectivity index (χ0) is 32.3. The smallest absolute Gasteiger partial charge is 0.0934 e. The Labute approximate surface area is 283 Å². The van der Waals surface area contributed by atoms with Gasteiger partial charge in [-0.1, -0.05) is 133 Å². The van der Waals surface area contributed by atoms with E-state index < -0.39 is 0 Å². The van der Waals surface area contributed by atoms with Crippen molar-refractivity contribution in [3.63, 3.8) is 0 Å². The molecule has 0 aliphatic heterocycles. The SMILES string of the molecule is c1ccc(-c2cc(-c3ccccc3)n(-c3cc(-n4c5ccccc5c5ccccc54)cc(-n4c5ccccc5c5ccccc54)c3)n2)cc1. The van der Waals surface area contributed by atoms with Gasteiger partial charge >= 0.3 is 0 Å². The molecule has 3 aromatic heterocycles. The summed E-state index contributed by atoms with van der Waals surface area (Å²) in [5, 5.41) is 10.3. The van der Waals surface area contributed by atoms with Crippen molar-refractivity contribution in [2.45, 2.75) is 0 Å². The van der Waals surface area contributed by atoms with Gasteiger partial charge < -0.3 is 9.13 Å². The van der Waals surface area contributed by atoms with Crippen molar-refractivity contribution >= 4 is 43.6 Å². The maximum Gasteiger partial charge on any atom is 0.0934 e. The molecule has 10 rings (SSSR count). The first kappa shape index (κ1) is 27.5. The van der Waals surface area contributed by atoms with Crippen molar-refractivity contribution in [1.82, 2.24) is 18.9 Å². The second kappa shape index (κ2) is 11.0. The molecule has 4 nitrogen and oxygen atoms in total. The summed E-state index contributed by atoms with van der Waals surface area (Å²) in [5.41, 5.74) is 12.0. The minimum Gasteiger partial charge on any atom is -0.309 e. The molecule has 49 heavy (non-hydrogen) atoms. The van der Waals surface area contributed by atoms with E-state index in [0.717, 1.165) is 39.6 Å². The average Bonchev–Trinajstić information content (AvgIpc) is 3.87. The first-order valence-corrected chi connectivity index (χ1v) is 16.7. The van der Waals surface area contributed by atoms with Crippen LogP contribution in [0.2, 0.25) is 0 Å². The largest absolute Gasteiger partial charge is 0.309 e. The molecule has 3 heterocycles. The van der Waals surface area contributed by atoms with Gasteiger partial charge in [-0.05, 0) is 48.5 Å². The molecule has 0 aliphatic carbocycles. The Kier molecular flexibility index (Phi) is 6.15. The molecule has 0 spiro atoms. The van der Waals surface area contributed by atoms with Gasteiger partial charge in [-0.3, -0.25) is 0 Å². The molecular formula is C45H30N4. The first-order valence-electron chi connectivity index (χ1n) is 16.7. The lowest BCUT2D eigenvalue weighted by molar-refractivity contribution is 0.887. The van der Waals surface area contributed by atoms with Crippen molar-refractivity contribution in [3.8, 4) is 39.6 Å². The summed E-state index contributed by atoms with van der Waals surface area (Å²) in [6, 6.07) is 64.9. The zero-order valence-electron chi connectivity index (χ0n) is 26.6. The third-order valence-electron chi connectivity index (χ3n) is 9.66. The summed E-state index contributed by atoms with van der Waals surface area (Å²) in [6.07, 6.45) is 0. The second-order valence-corrected chi connectivity index (χ2v) is 12.5. The molecule has 0 unspecified atom stereocenters. The molecule has 0 aliphatic rings. The highest BCUT2D eigenvalue weighted by Crippen LogP contribution is 2.38. The van der Waals surface area contributed by atoms with Crippen LogP contribution < -0.4 is 0 Å². The van der Waals surface area contributed by atoms with E-state index in [1.54, 1.807) is 0 Å². The fourth-order valence-electron chi connectivity index (χ4n) is 7.50. The molecule has 0 amide bonds. The van der Waals surface area contributed by atoms with Gasteiger partial charge in [0.15, 0.2) is 0 Å². The van der Waals surface area contributed by atoms with Gasteiger partial charge in [0, 0.05) is 32.7 Å². The van der Waals surface area contributed by atoms with Gasteiger partial charge in [0.05, 0.1) is 50.5 Å². The van der Waals surface area contributed by atoms with Gasteiger partial charge in [-0.2, -0.15) is 5.10 Å². The van der Waals surface area contributed by atoms with E-state index >= 15 is 0 Å². The van der Waals surface area contributed by atoms with Crippen LogP contribution in [0.1, 0.15) is 0 Å². The summed E-state index contributed by atoms with van der Waals surface area (Å²) in [4.78, 5) is 0. The van der Waals surface area contributed by atoms with Gasteiger partial charge in [0.2, 0.25) is 0 Å². The predicted octanol–water partition coefficient (Wildman–Crippen LogP) is 11.4. The number of rotatable bonds is 5. The highest BCUT2D eigenvalue weighted by molar-refractivity contribution is 6.10. The fourth-order valence-corrected chi connectivity index (χ4v) is 7.50. The quantitative estimate of drug-likeness (QED) is 0.187. The van der Waals surface area contributed by atoms with Crippen molar-refractivity contribution < 1.29 is 0 Å². The molecule has 7 aromatic carbocycles. The maximum atomic E-state index is 5.32. The van der Waals surface area contributed by atoms with Crippen molar-refractivity contribution in [1.29, 1.82) is 0 Å². The van der Waals surface area contributed by atoms with E-state index in [9.17, 15) is 0 Å². The lowest BCUT2D eigenvalue weighted by atomic mass is 10.1. The van der Waals surface area contributed by atoms with Crippen molar-refractivity contribution in [3.05, 3.63) is 182 Å². The van der Waals surface area contributed by atoms with Gasteiger partial charge in [-0.25, -0.2) is 4.68 Å². The Morgan fingerprint density at radius 3 is 1.14 bits per heavy atom. The van der Waals surface area contributed by atoms with E-state index in [-0.39, 0.29) is 0 Å². The van der Waals surface area contributed by atoms with Crippen molar-refractivity contribution in [2.24, 2.45) is 0 Å². The second-order valence-electron chi connectivity index (χ2n) is 12.5. The summed E-state index contributed by atoms with van der Waals surface area (Å²) in [7, 11) is 0. The lowest BCUT2D eigenvalue weighted by Crippen LogP contribution is -2.05. The van der Waals surface area contributed by atoms with Crippen LogP contribution in [0.15, 0.2) is 182 Å². The molecule has 0 fully saturated rings. The Bertz CT molecular complexity index is 2580. The van der Waals surface area contributed by atoms with E-state index in [1.165, 1.54) is 43.6 Å². The van der Waals surface area contributed by atoms with Crippen LogP contribution in [0.25, 0.3) is 83.2 Å². The summed E-state index contributed by atoms with van der Waals surface area (Å²) < 4.78 is 6.91. The minimum absolute atomic E-state index is 0.931. The molecule has 0 bridgehead atoms. The summed E-state index contributed by atoms with van der Waals surface area (Å²) >= 11 is 0. The van der Waals surface area contributed by atoms with Crippen LogP contribution in [-0.4, -0.2) is 18.9 Å². The number of nitrogens with zero attached hydrogens (tertiary/aromatic N) is 4. The van der Waals surface area contributed by atoms with Crippen LogP contribution in [0.3, 0.4) is 0 Å². The van der Waals surface area contributed by atoms with E-state index in [4.69, 9.17) is 5.10 Å².